The van der Waals surface area contributed by atoms with Gasteiger partial charge in [-0.05, 0) is 30.0 Å². The highest BCUT2D eigenvalue weighted by molar-refractivity contribution is 6.34. The first kappa shape index (κ1) is 11.0. The normalized spacial score (nSPS) is 19.8. The second-order valence-electron chi connectivity index (χ2n) is 3.48. The van der Waals surface area contributed by atoms with Gasteiger partial charge in [0.25, 0.3) is 0 Å². The van der Waals surface area contributed by atoms with Gasteiger partial charge in [0.1, 0.15) is 12.0 Å². The summed E-state index contributed by atoms with van der Waals surface area (Å²) >= 11 is 6.02. The van der Waals surface area contributed by atoms with Crippen molar-refractivity contribution in [2.75, 3.05) is 5.73 Å². The average molecular weight is 240 g/mol. The molecule has 0 radical (unpaired) electrons. The van der Waals surface area contributed by atoms with E-state index >= 15 is 0 Å². The molecule has 0 bridgehead atoms. The zero-order valence-corrected chi connectivity index (χ0v) is 9.13. The third-order valence-corrected chi connectivity index (χ3v) is 2.71. The maximum atomic E-state index is 13.3. The highest BCUT2D eigenvalue weighted by atomic mass is 35.5. The molecule has 0 spiro atoms. The van der Waals surface area contributed by atoms with E-state index in [0.717, 1.165) is 0 Å². The number of allylic oxidation sites excluding steroid dienone is 2. The number of benzene rings is 1. The minimum absolute atomic E-state index is 0.105. The smallest absolute Gasteiger partial charge is 0.146 e. The van der Waals surface area contributed by atoms with Gasteiger partial charge in [0.2, 0.25) is 0 Å². The van der Waals surface area contributed by atoms with Crippen LogP contribution in [0.5, 0.6) is 0 Å². The molecule has 84 valence electrons. The van der Waals surface area contributed by atoms with E-state index < -0.39 is 12.0 Å². The Morgan fingerprint density at radius 3 is 2.75 bits per heavy atom. The van der Waals surface area contributed by atoms with Gasteiger partial charge in [-0.3, -0.25) is 0 Å². The molecule has 0 saturated heterocycles. The molecule has 5 heteroatoms. The van der Waals surface area contributed by atoms with Gasteiger partial charge in [-0.15, -0.1) is 0 Å². The van der Waals surface area contributed by atoms with Crippen LogP contribution in [0, 0.1) is 5.82 Å². The third-order valence-electron chi connectivity index (χ3n) is 2.39. The Morgan fingerprint density at radius 2 is 2.12 bits per heavy atom. The van der Waals surface area contributed by atoms with E-state index in [-0.39, 0.29) is 5.69 Å². The Bertz CT molecular complexity index is 482. The number of nitrogens with one attached hydrogen (secondary N) is 1. The number of nitrogens with two attached hydrogens (primary N) is 2. The molecule has 0 aliphatic carbocycles. The summed E-state index contributed by atoms with van der Waals surface area (Å²) < 4.78 is 13.3. The molecule has 16 heavy (non-hydrogen) atoms. The first-order chi connectivity index (χ1) is 7.59. The van der Waals surface area contributed by atoms with Gasteiger partial charge in [-0.1, -0.05) is 17.7 Å². The quantitative estimate of drug-likeness (QED) is 0.655. The fourth-order valence-electron chi connectivity index (χ4n) is 1.56. The maximum Gasteiger partial charge on any atom is 0.146 e. The summed E-state index contributed by atoms with van der Waals surface area (Å²) in [4.78, 5) is 0. The highest BCUT2D eigenvalue weighted by Gasteiger charge is 2.17. The van der Waals surface area contributed by atoms with Crippen molar-refractivity contribution in [2.45, 2.75) is 6.17 Å². The number of hydrogen-bond acceptors (Lipinski definition) is 3. The van der Waals surface area contributed by atoms with Crippen LogP contribution in [0.3, 0.4) is 0 Å². The van der Waals surface area contributed by atoms with Crippen LogP contribution in [0.25, 0.3) is 5.57 Å². The number of hydrogen-bond donors (Lipinski definition) is 3. The minimum Gasteiger partial charge on any atom is -0.396 e. The Balaban J connectivity index is 2.50. The SMILES string of the molecule is Nc1ccc(C2=C(Cl)C=CNC2N)cc1F. The van der Waals surface area contributed by atoms with Crippen molar-refractivity contribution in [3.63, 3.8) is 0 Å². The van der Waals surface area contributed by atoms with Crippen LogP contribution in [0.15, 0.2) is 35.5 Å². The summed E-state index contributed by atoms with van der Waals surface area (Å²) in [6.07, 6.45) is 2.89. The summed E-state index contributed by atoms with van der Waals surface area (Å²) in [5, 5.41) is 3.39. The lowest BCUT2D eigenvalue weighted by Gasteiger charge is -2.21. The van der Waals surface area contributed by atoms with E-state index in [0.29, 0.717) is 16.2 Å². The van der Waals surface area contributed by atoms with Crippen molar-refractivity contribution >= 4 is 22.9 Å². The molecule has 1 aliphatic heterocycles. The number of anilines is 1. The van der Waals surface area contributed by atoms with E-state index in [1.165, 1.54) is 12.1 Å². The molecule has 1 unspecified atom stereocenters. The lowest BCUT2D eigenvalue weighted by Crippen LogP contribution is -2.36. The number of halogens is 2. The highest BCUT2D eigenvalue weighted by Crippen LogP contribution is 2.28. The van der Waals surface area contributed by atoms with Gasteiger partial charge in [0.05, 0.1) is 5.69 Å². The molecule has 2 rings (SSSR count). The second kappa shape index (κ2) is 4.15. The molecular formula is C11H11ClFN3. The van der Waals surface area contributed by atoms with Crippen molar-refractivity contribution in [1.29, 1.82) is 0 Å². The van der Waals surface area contributed by atoms with Crippen molar-refractivity contribution in [1.82, 2.24) is 5.32 Å². The molecule has 1 aromatic rings. The fraction of sp³-hybridized carbons (Fsp3) is 0.0909. The molecule has 3 nitrogen and oxygen atoms in total. The molecule has 5 N–H and O–H groups in total. The van der Waals surface area contributed by atoms with Gasteiger partial charge in [-0.25, -0.2) is 4.39 Å². The summed E-state index contributed by atoms with van der Waals surface area (Å²) in [5.41, 5.74) is 12.6. The molecule has 1 aliphatic rings. The fourth-order valence-corrected chi connectivity index (χ4v) is 1.85. The Hall–Kier alpha value is -1.52. The zero-order chi connectivity index (χ0) is 11.7. The first-order valence-electron chi connectivity index (χ1n) is 4.73. The Morgan fingerprint density at radius 1 is 1.38 bits per heavy atom. The van der Waals surface area contributed by atoms with Crippen LogP contribution >= 0.6 is 11.6 Å². The molecule has 0 fully saturated rings. The summed E-state index contributed by atoms with van der Waals surface area (Å²) in [5.74, 6) is -0.476. The van der Waals surface area contributed by atoms with Crippen molar-refractivity contribution in [3.8, 4) is 0 Å². The summed E-state index contributed by atoms with van der Waals surface area (Å²) in [6.45, 7) is 0. The van der Waals surface area contributed by atoms with Crippen LogP contribution in [-0.2, 0) is 0 Å². The predicted molar refractivity (Wildman–Crippen MR) is 63.8 cm³/mol. The lowest BCUT2D eigenvalue weighted by molar-refractivity contribution is 0.631. The van der Waals surface area contributed by atoms with Crippen LogP contribution in [0.2, 0.25) is 0 Å². The molecule has 1 heterocycles. The van der Waals surface area contributed by atoms with Crippen molar-refractivity contribution < 1.29 is 4.39 Å². The van der Waals surface area contributed by atoms with E-state index in [9.17, 15) is 4.39 Å². The monoisotopic (exact) mass is 239 g/mol. The zero-order valence-electron chi connectivity index (χ0n) is 8.37. The van der Waals surface area contributed by atoms with Crippen molar-refractivity contribution in [2.24, 2.45) is 5.73 Å². The lowest BCUT2D eigenvalue weighted by atomic mass is 10.0. The summed E-state index contributed by atoms with van der Waals surface area (Å²) in [7, 11) is 0. The minimum atomic E-state index is -0.476. The van der Waals surface area contributed by atoms with E-state index in [1.54, 1.807) is 18.3 Å². The van der Waals surface area contributed by atoms with Gasteiger partial charge >= 0.3 is 0 Å². The Labute approximate surface area is 97.6 Å². The van der Waals surface area contributed by atoms with Crippen LogP contribution < -0.4 is 16.8 Å². The molecule has 1 aromatic carbocycles. The van der Waals surface area contributed by atoms with E-state index in [4.69, 9.17) is 23.1 Å². The van der Waals surface area contributed by atoms with Gasteiger partial charge in [0, 0.05) is 10.6 Å². The van der Waals surface area contributed by atoms with E-state index in [2.05, 4.69) is 5.32 Å². The predicted octanol–water partition coefficient (Wildman–Crippen LogP) is 1.76. The standard InChI is InChI=1S/C11H11ClFN3/c12-7-3-4-16-11(15)10(7)6-1-2-9(14)8(13)5-6/h1-5,11,16H,14-15H2. The topological polar surface area (TPSA) is 64.1 Å². The van der Waals surface area contributed by atoms with Crippen LogP contribution in [0.1, 0.15) is 5.56 Å². The largest absolute Gasteiger partial charge is 0.396 e. The van der Waals surface area contributed by atoms with Gasteiger partial charge in [-0.2, -0.15) is 0 Å². The second-order valence-corrected chi connectivity index (χ2v) is 3.88. The maximum absolute atomic E-state index is 13.3. The van der Waals surface area contributed by atoms with Crippen molar-refractivity contribution in [3.05, 3.63) is 46.9 Å². The Kier molecular flexibility index (Phi) is 2.85. The first-order valence-corrected chi connectivity index (χ1v) is 5.10. The molecule has 1 atom stereocenters. The summed E-state index contributed by atoms with van der Waals surface area (Å²) in [6, 6.07) is 4.51. The van der Waals surface area contributed by atoms with E-state index in [1.807, 2.05) is 0 Å². The molecular weight excluding hydrogens is 229 g/mol. The van der Waals surface area contributed by atoms with Gasteiger partial charge in [0.15, 0.2) is 0 Å². The molecule has 0 aromatic heterocycles. The number of dihydropyridines is 1. The van der Waals surface area contributed by atoms with Crippen LogP contribution in [0.4, 0.5) is 10.1 Å². The number of rotatable bonds is 1. The molecule has 0 amide bonds. The average Bonchev–Trinajstić information content (AvgIpc) is 2.23. The third kappa shape index (κ3) is 1.89. The molecule has 0 saturated carbocycles. The number of nitrogen functional groups attached to an aromatic ring is 1. The van der Waals surface area contributed by atoms with Crippen LogP contribution in [-0.4, -0.2) is 6.17 Å². The van der Waals surface area contributed by atoms with Gasteiger partial charge < -0.3 is 16.8 Å².